The van der Waals surface area contributed by atoms with E-state index in [9.17, 15) is 9.18 Å². The minimum Gasteiger partial charge on any atom is -0.453 e. The molecule has 0 aliphatic carbocycles. The number of hydrogen-bond donors (Lipinski definition) is 2. The predicted molar refractivity (Wildman–Crippen MR) is 168 cm³/mol. The van der Waals surface area contributed by atoms with Crippen molar-refractivity contribution in [2.75, 3.05) is 31.1 Å². The maximum atomic E-state index is 14.5. The van der Waals surface area contributed by atoms with Gasteiger partial charge in [0.1, 0.15) is 11.6 Å². The number of pyridine rings is 1. The summed E-state index contributed by atoms with van der Waals surface area (Å²) in [6.07, 6.45) is 5.83. The molecule has 4 heterocycles. The summed E-state index contributed by atoms with van der Waals surface area (Å²) < 4.78 is 21.1. The Morgan fingerprint density at radius 2 is 1.77 bits per heavy atom. The van der Waals surface area contributed by atoms with Crippen LogP contribution in [0, 0.1) is 11.2 Å². The van der Waals surface area contributed by atoms with Crippen molar-refractivity contribution in [2.24, 2.45) is 5.41 Å². The molecule has 3 aromatic carbocycles. The second kappa shape index (κ2) is 11.0. The number of nitrogens with zero attached hydrogens (tertiary/aromatic N) is 3. The highest BCUT2D eigenvalue weighted by molar-refractivity contribution is 5.76. The van der Waals surface area contributed by atoms with E-state index in [1.54, 1.807) is 18.3 Å². The number of aromatic amines is 2. The summed E-state index contributed by atoms with van der Waals surface area (Å²) in [5, 5.41) is 0. The summed E-state index contributed by atoms with van der Waals surface area (Å²) in [6, 6.07) is 21.1. The Bertz CT molecular complexity index is 1850. The van der Waals surface area contributed by atoms with Crippen LogP contribution in [0.2, 0.25) is 0 Å². The van der Waals surface area contributed by atoms with Gasteiger partial charge in [0, 0.05) is 43.4 Å². The van der Waals surface area contributed by atoms with Crippen LogP contribution in [-0.4, -0.2) is 46.0 Å². The standard InChI is InChI=1S/C35H36FN5O2/c1-23(2)26-5-3-4-6-27(26)28-18-25(36)8-10-32(28)43-33-19-37-14-11-31(33)41-16-13-35(22-41)12-15-40(21-35)20-24-7-9-29-30(17-24)39-34(42)38-29/h3-11,14,17-19,23H,12-13,15-16,20-22H2,1-2H3,(H2,38,39,42). The van der Waals surface area contributed by atoms with E-state index in [4.69, 9.17) is 4.74 Å². The average molecular weight is 578 g/mol. The molecule has 0 amide bonds. The zero-order valence-corrected chi connectivity index (χ0v) is 24.6. The Kier molecular flexibility index (Phi) is 7.01. The van der Waals surface area contributed by atoms with Crippen molar-refractivity contribution in [3.8, 4) is 22.6 Å². The third-order valence-electron chi connectivity index (χ3n) is 9.08. The number of ether oxygens (including phenoxy) is 1. The number of nitrogens with one attached hydrogen (secondary N) is 2. The van der Waals surface area contributed by atoms with Gasteiger partial charge >= 0.3 is 5.69 Å². The molecule has 2 N–H and O–H groups in total. The highest BCUT2D eigenvalue weighted by Gasteiger charge is 2.44. The molecule has 0 saturated carbocycles. The number of fused-ring (bicyclic) bond motifs is 1. The number of likely N-dealkylation sites (tertiary alicyclic amines) is 1. The summed E-state index contributed by atoms with van der Waals surface area (Å²) >= 11 is 0. The molecule has 2 fully saturated rings. The summed E-state index contributed by atoms with van der Waals surface area (Å²) in [7, 11) is 0. The molecule has 2 aliphatic heterocycles. The molecule has 1 atom stereocenters. The number of H-pyrrole nitrogens is 2. The van der Waals surface area contributed by atoms with Crippen molar-refractivity contribution in [2.45, 2.75) is 39.2 Å². The number of rotatable bonds is 7. The average Bonchev–Trinajstić information content (AvgIpc) is 3.71. The summed E-state index contributed by atoms with van der Waals surface area (Å²) in [6.45, 7) is 9.11. The normalized spacial score (nSPS) is 18.8. The number of hydrogen-bond acceptors (Lipinski definition) is 5. The Morgan fingerprint density at radius 3 is 2.65 bits per heavy atom. The molecule has 8 heteroatoms. The molecule has 2 aromatic heterocycles. The molecule has 7 nitrogen and oxygen atoms in total. The van der Waals surface area contributed by atoms with E-state index >= 15 is 0 Å². The molecule has 0 bridgehead atoms. The quantitative estimate of drug-likeness (QED) is 0.216. The van der Waals surface area contributed by atoms with Gasteiger partial charge in [0.25, 0.3) is 0 Å². The number of anilines is 1. The van der Waals surface area contributed by atoms with E-state index in [2.05, 4.69) is 56.8 Å². The Labute approximate surface area is 250 Å². The van der Waals surface area contributed by atoms with Gasteiger partial charge in [0.2, 0.25) is 0 Å². The fourth-order valence-corrected chi connectivity index (χ4v) is 6.95. The van der Waals surface area contributed by atoms with Crippen LogP contribution in [0.15, 0.2) is 83.9 Å². The second-order valence-electron chi connectivity index (χ2n) is 12.4. The smallest absolute Gasteiger partial charge is 0.323 e. The third-order valence-corrected chi connectivity index (χ3v) is 9.08. The fraction of sp³-hybridized carbons (Fsp3) is 0.314. The Hall–Kier alpha value is -4.43. The van der Waals surface area contributed by atoms with Crippen LogP contribution in [0.25, 0.3) is 22.2 Å². The number of halogens is 1. The van der Waals surface area contributed by atoms with Crippen molar-refractivity contribution in [1.82, 2.24) is 19.9 Å². The minimum absolute atomic E-state index is 0.172. The van der Waals surface area contributed by atoms with E-state index in [-0.39, 0.29) is 22.8 Å². The van der Waals surface area contributed by atoms with Crippen molar-refractivity contribution in [1.29, 1.82) is 0 Å². The number of aromatic nitrogens is 3. The molecular formula is C35H36FN5O2. The highest BCUT2D eigenvalue weighted by atomic mass is 19.1. The first-order chi connectivity index (χ1) is 20.9. The monoisotopic (exact) mass is 577 g/mol. The molecule has 5 aromatic rings. The SMILES string of the molecule is CC(C)c1ccccc1-c1cc(F)ccc1Oc1cnccc1N1CCC2(CCN(Cc3ccc4[nH]c(=O)[nH]c4c3)C2)C1. The maximum absolute atomic E-state index is 14.5. The number of benzene rings is 3. The first-order valence-corrected chi connectivity index (χ1v) is 15.0. The molecule has 0 radical (unpaired) electrons. The van der Waals surface area contributed by atoms with Crippen LogP contribution in [0.1, 0.15) is 43.7 Å². The van der Waals surface area contributed by atoms with Crippen LogP contribution in [-0.2, 0) is 6.54 Å². The van der Waals surface area contributed by atoms with Gasteiger partial charge in [-0.15, -0.1) is 0 Å². The van der Waals surface area contributed by atoms with Crippen molar-refractivity contribution in [3.63, 3.8) is 0 Å². The minimum atomic E-state index is -0.291. The largest absolute Gasteiger partial charge is 0.453 e. The van der Waals surface area contributed by atoms with Gasteiger partial charge in [-0.1, -0.05) is 44.2 Å². The van der Waals surface area contributed by atoms with Gasteiger partial charge < -0.3 is 19.6 Å². The molecule has 7 rings (SSSR count). The zero-order chi connectivity index (χ0) is 29.6. The summed E-state index contributed by atoms with van der Waals surface area (Å²) in [5.41, 5.74) is 6.82. The Morgan fingerprint density at radius 1 is 0.930 bits per heavy atom. The van der Waals surface area contributed by atoms with Gasteiger partial charge in [0.05, 0.1) is 22.9 Å². The van der Waals surface area contributed by atoms with Crippen molar-refractivity contribution < 1.29 is 9.13 Å². The van der Waals surface area contributed by atoms with Gasteiger partial charge in [-0.25, -0.2) is 9.18 Å². The lowest BCUT2D eigenvalue weighted by Crippen LogP contribution is -2.30. The van der Waals surface area contributed by atoms with Gasteiger partial charge in [0.15, 0.2) is 5.75 Å². The molecule has 2 saturated heterocycles. The summed E-state index contributed by atoms with van der Waals surface area (Å²) in [4.78, 5) is 26.7. The van der Waals surface area contributed by atoms with Crippen LogP contribution in [0.4, 0.5) is 10.1 Å². The lowest BCUT2D eigenvalue weighted by Gasteiger charge is -2.27. The molecule has 220 valence electrons. The van der Waals surface area contributed by atoms with Crippen molar-refractivity contribution >= 4 is 16.7 Å². The van der Waals surface area contributed by atoms with E-state index in [1.807, 2.05) is 36.5 Å². The topological polar surface area (TPSA) is 77.2 Å². The first-order valence-electron chi connectivity index (χ1n) is 15.0. The maximum Gasteiger partial charge on any atom is 0.323 e. The lowest BCUT2D eigenvalue weighted by molar-refractivity contribution is 0.270. The van der Waals surface area contributed by atoms with Crippen LogP contribution in [0.5, 0.6) is 11.5 Å². The molecular weight excluding hydrogens is 541 g/mol. The van der Waals surface area contributed by atoms with Gasteiger partial charge in [-0.3, -0.25) is 9.88 Å². The van der Waals surface area contributed by atoms with Crippen LogP contribution in [0.3, 0.4) is 0 Å². The highest BCUT2D eigenvalue weighted by Crippen LogP contribution is 2.45. The van der Waals surface area contributed by atoms with E-state index in [0.29, 0.717) is 11.5 Å². The van der Waals surface area contributed by atoms with Crippen molar-refractivity contribution in [3.05, 3.63) is 107 Å². The predicted octanol–water partition coefficient (Wildman–Crippen LogP) is 7.08. The van der Waals surface area contributed by atoms with Gasteiger partial charge in [-0.2, -0.15) is 0 Å². The zero-order valence-electron chi connectivity index (χ0n) is 24.6. The molecule has 1 spiro atoms. The molecule has 43 heavy (non-hydrogen) atoms. The Balaban J connectivity index is 1.10. The van der Waals surface area contributed by atoms with E-state index in [1.165, 1.54) is 11.6 Å². The third kappa shape index (κ3) is 5.43. The fourth-order valence-electron chi connectivity index (χ4n) is 6.95. The second-order valence-corrected chi connectivity index (χ2v) is 12.4. The van der Waals surface area contributed by atoms with E-state index in [0.717, 1.165) is 79.0 Å². The van der Waals surface area contributed by atoms with Crippen LogP contribution >= 0.6 is 0 Å². The lowest BCUT2D eigenvalue weighted by atomic mass is 9.86. The molecule has 1 unspecified atom stereocenters. The first kappa shape index (κ1) is 27.4. The summed E-state index contributed by atoms with van der Waals surface area (Å²) in [5.74, 6) is 1.29. The van der Waals surface area contributed by atoms with Gasteiger partial charge in [-0.05, 0) is 78.4 Å². The molecule has 2 aliphatic rings. The van der Waals surface area contributed by atoms with Crippen LogP contribution < -0.4 is 15.3 Å². The number of imidazole rings is 1. The van der Waals surface area contributed by atoms with E-state index < -0.39 is 0 Å².